The molecule has 1 spiro atoms. The predicted octanol–water partition coefficient (Wildman–Crippen LogP) is 1.99. The molecule has 1 unspecified atom stereocenters. The minimum Gasteiger partial charge on any atom is -0.461 e. The van der Waals surface area contributed by atoms with Crippen molar-refractivity contribution in [3.05, 3.63) is 84.5 Å². The van der Waals surface area contributed by atoms with Crippen LogP contribution >= 0.6 is 0 Å². The van der Waals surface area contributed by atoms with Crippen LogP contribution in [0.25, 0.3) is 11.0 Å². The number of hydrogen-bond acceptors (Lipinski definition) is 8. The number of cyclic esters (lactones) is 1. The Bertz CT molecular complexity index is 1620. The molecule has 2 amide bonds. The Morgan fingerprint density at radius 2 is 1.79 bits per heavy atom. The lowest BCUT2D eigenvalue weighted by molar-refractivity contribution is -0.162. The first-order valence-corrected chi connectivity index (χ1v) is 14.2. The second-order valence-corrected chi connectivity index (χ2v) is 11.2. The number of rotatable bonds is 6. The molecule has 216 valence electrons. The van der Waals surface area contributed by atoms with Gasteiger partial charge in [-0.05, 0) is 30.2 Å². The number of carbonyl (C=O) groups is 3. The van der Waals surface area contributed by atoms with E-state index in [4.69, 9.17) is 9.47 Å². The molecule has 3 aromatic rings. The predicted molar refractivity (Wildman–Crippen MR) is 149 cm³/mol. The number of hydrogen-bond donors (Lipinski definition) is 1. The summed E-state index contributed by atoms with van der Waals surface area (Å²) < 4.78 is 14.1. The molecule has 4 aliphatic rings. The molecule has 6 atom stereocenters. The fourth-order valence-corrected chi connectivity index (χ4v) is 7.26. The van der Waals surface area contributed by atoms with Crippen LogP contribution in [0.2, 0.25) is 0 Å². The molecule has 11 heteroatoms. The van der Waals surface area contributed by atoms with Gasteiger partial charge >= 0.3 is 5.97 Å². The van der Waals surface area contributed by atoms with Gasteiger partial charge in [0.2, 0.25) is 5.91 Å². The summed E-state index contributed by atoms with van der Waals surface area (Å²) in [7, 11) is 0. The summed E-state index contributed by atoms with van der Waals surface area (Å²) in [6, 6.07) is 14.6. The number of likely N-dealkylation sites (tertiary alicyclic amines) is 1. The molecular formula is C31H31N5O6. The van der Waals surface area contributed by atoms with Gasteiger partial charge in [0.25, 0.3) is 5.91 Å². The molecule has 4 aliphatic heterocycles. The number of fused-ring (bicyclic) bond motifs is 3. The standard InChI is InChI=1S/C31H31N5O6/c1-2-30-14-9-17-41-29(40)25(30)24-27(38)36(23(18-37)20-10-4-3-5-11-20)26-28(39)34(16-8-15-31(24,26)42-30)19-35-22-13-7-6-12-21(22)32-33-35/h3-15,23-26,37H,2,16-19H2,1H3/t23-,24+,25-,26?,30+,31+/m1/s1. The molecule has 2 aromatic carbocycles. The number of ether oxygens (including phenoxy) is 2. The van der Waals surface area contributed by atoms with Gasteiger partial charge in [0.15, 0.2) is 0 Å². The van der Waals surface area contributed by atoms with Crippen molar-refractivity contribution < 1.29 is 29.0 Å². The highest BCUT2D eigenvalue weighted by molar-refractivity contribution is 5.99. The maximum atomic E-state index is 14.7. The zero-order valence-electron chi connectivity index (χ0n) is 23.1. The maximum absolute atomic E-state index is 14.7. The van der Waals surface area contributed by atoms with Crippen LogP contribution in [-0.4, -0.2) is 84.7 Å². The minimum absolute atomic E-state index is 0.0825. The fourth-order valence-electron chi connectivity index (χ4n) is 7.26. The Kier molecular flexibility index (Phi) is 6.25. The molecule has 2 saturated heterocycles. The van der Waals surface area contributed by atoms with Gasteiger partial charge in [-0.2, -0.15) is 0 Å². The second-order valence-electron chi connectivity index (χ2n) is 11.2. The van der Waals surface area contributed by atoms with Crippen LogP contribution < -0.4 is 0 Å². The average Bonchev–Trinajstić information content (AvgIpc) is 3.55. The van der Waals surface area contributed by atoms with Crippen molar-refractivity contribution in [1.29, 1.82) is 0 Å². The van der Waals surface area contributed by atoms with Crippen molar-refractivity contribution in [2.75, 3.05) is 19.8 Å². The minimum atomic E-state index is -1.46. The third-order valence-corrected chi connectivity index (χ3v) is 9.13. The summed E-state index contributed by atoms with van der Waals surface area (Å²) in [5, 5.41) is 19.2. The normalized spacial score (nSPS) is 31.0. The van der Waals surface area contributed by atoms with E-state index in [1.165, 1.54) is 4.90 Å². The van der Waals surface area contributed by atoms with E-state index in [0.717, 1.165) is 5.52 Å². The first-order valence-electron chi connectivity index (χ1n) is 14.2. The van der Waals surface area contributed by atoms with Crippen LogP contribution in [0.15, 0.2) is 78.9 Å². The molecule has 2 fully saturated rings. The van der Waals surface area contributed by atoms with Crippen molar-refractivity contribution in [2.24, 2.45) is 11.8 Å². The van der Waals surface area contributed by atoms with Crippen LogP contribution in [0.4, 0.5) is 0 Å². The van der Waals surface area contributed by atoms with Gasteiger partial charge in [-0.3, -0.25) is 14.4 Å². The van der Waals surface area contributed by atoms with E-state index < -0.39 is 53.6 Å². The number of aromatic nitrogens is 3. The lowest BCUT2D eigenvalue weighted by Crippen LogP contribution is -2.57. The van der Waals surface area contributed by atoms with Crippen molar-refractivity contribution in [2.45, 2.75) is 43.3 Å². The highest BCUT2D eigenvalue weighted by atomic mass is 16.6. The van der Waals surface area contributed by atoms with Crippen molar-refractivity contribution in [3.63, 3.8) is 0 Å². The molecule has 1 aromatic heterocycles. The lowest BCUT2D eigenvalue weighted by atomic mass is 9.73. The van der Waals surface area contributed by atoms with Crippen molar-refractivity contribution >= 4 is 28.8 Å². The zero-order chi connectivity index (χ0) is 29.1. The third kappa shape index (κ3) is 3.69. The van der Waals surface area contributed by atoms with E-state index in [2.05, 4.69) is 10.3 Å². The molecule has 0 saturated carbocycles. The number of amides is 2. The van der Waals surface area contributed by atoms with E-state index in [1.807, 2.05) is 73.7 Å². The maximum Gasteiger partial charge on any atom is 0.313 e. The Labute approximate surface area is 242 Å². The first kappa shape index (κ1) is 26.5. The number of aliphatic hydroxyl groups is 1. The number of esters is 1. The number of para-hydroxylation sites is 1. The molecule has 11 nitrogen and oxygen atoms in total. The smallest absolute Gasteiger partial charge is 0.313 e. The Morgan fingerprint density at radius 3 is 2.57 bits per heavy atom. The van der Waals surface area contributed by atoms with Gasteiger partial charge in [0, 0.05) is 6.54 Å². The number of nitrogens with zero attached hydrogens (tertiary/aromatic N) is 5. The second kappa shape index (κ2) is 9.88. The number of benzene rings is 2. The molecule has 0 bridgehead atoms. The molecule has 42 heavy (non-hydrogen) atoms. The Balaban J connectivity index is 1.37. The molecule has 7 rings (SSSR count). The molecule has 1 N–H and O–H groups in total. The molecule has 0 aliphatic carbocycles. The number of aliphatic hydroxyl groups excluding tert-OH is 1. The Hall–Kier alpha value is -4.35. The summed E-state index contributed by atoms with van der Waals surface area (Å²) in [6.07, 6.45) is 7.56. The Morgan fingerprint density at radius 1 is 1.00 bits per heavy atom. The van der Waals surface area contributed by atoms with Crippen LogP contribution in [-0.2, 0) is 30.5 Å². The molecule has 0 radical (unpaired) electrons. The topological polar surface area (TPSA) is 127 Å². The summed E-state index contributed by atoms with van der Waals surface area (Å²) in [5.74, 6) is -3.32. The van der Waals surface area contributed by atoms with Crippen LogP contribution in [0, 0.1) is 11.8 Å². The van der Waals surface area contributed by atoms with Gasteiger partial charge < -0.3 is 24.4 Å². The van der Waals surface area contributed by atoms with E-state index >= 15 is 0 Å². The van der Waals surface area contributed by atoms with E-state index in [0.29, 0.717) is 17.5 Å². The lowest BCUT2D eigenvalue weighted by Gasteiger charge is -2.40. The largest absolute Gasteiger partial charge is 0.461 e. The number of carbonyl (C=O) groups excluding carboxylic acids is 3. The summed E-state index contributed by atoms with van der Waals surface area (Å²) in [4.78, 5) is 45.9. The van der Waals surface area contributed by atoms with Gasteiger partial charge in [-0.1, -0.05) is 72.8 Å². The quantitative estimate of drug-likeness (QED) is 0.353. The van der Waals surface area contributed by atoms with E-state index in [-0.39, 0.29) is 25.7 Å². The van der Waals surface area contributed by atoms with E-state index in [9.17, 15) is 19.5 Å². The summed E-state index contributed by atoms with van der Waals surface area (Å²) in [5.41, 5.74) is -0.453. The van der Waals surface area contributed by atoms with Gasteiger partial charge in [0.05, 0.1) is 24.1 Å². The summed E-state index contributed by atoms with van der Waals surface area (Å²) in [6.45, 7) is 1.87. The third-order valence-electron chi connectivity index (χ3n) is 9.13. The monoisotopic (exact) mass is 569 g/mol. The van der Waals surface area contributed by atoms with E-state index in [1.54, 1.807) is 21.7 Å². The average molecular weight is 570 g/mol. The van der Waals surface area contributed by atoms with Crippen molar-refractivity contribution in [1.82, 2.24) is 24.8 Å². The SMILES string of the molecule is CC[C@]12C=CCOC(=O)[C@H]1[C@H]1C(=O)N([C@H](CO)c3ccccc3)C3C(=O)N(Cn4nnc5ccccc54)CC=C[C@@]31O2. The fraction of sp³-hybridized carbons (Fsp3) is 0.387. The molecular weight excluding hydrogens is 538 g/mol. The summed E-state index contributed by atoms with van der Waals surface area (Å²) >= 11 is 0. The highest BCUT2D eigenvalue weighted by Gasteiger charge is 2.76. The zero-order valence-corrected chi connectivity index (χ0v) is 23.1. The highest BCUT2D eigenvalue weighted by Crippen LogP contribution is 2.59. The molecule has 5 heterocycles. The van der Waals surface area contributed by atoms with Gasteiger partial charge in [0.1, 0.15) is 42.0 Å². The van der Waals surface area contributed by atoms with Crippen LogP contribution in [0.5, 0.6) is 0 Å². The first-order chi connectivity index (χ1) is 20.4. The van der Waals surface area contributed by atoms with Gasteiger partial charge in [-0.25, -0.2) is 4.68 Å². The van der Waals surface area contributed by atoms with Crippen LogP contribution in [0.1, 0.15) is 24.9 Å². The van der Waals surface area contributed by atoms with Crippen molar-refractivity contribution in [3.8, 4) is 0 Å². The van der Waals surface area contributed by atoms with Crippen LogP contribution in [0.3, 0.4) is 0 Å². The van der Waals surface area contributed by atoms with Gasteiger partial charge in [-0.15, -0.1) is 5.10 Å².